The summed E-state index contributed by atoms with van der Waals surface area (Å²) in [6.07, 6.45) is 1.46. The Labute approximate surface area is 126 Å². The number of methoxy groups -OCH3 is 1. The standard InChI is InChI=1S/C13H14N4OS2/c1-18-11-6-4-5-10(9-11)15-12-16-17-13(20-12)19-8-3-2-7-14/h4-6,9H,2-3,8H2,1H3,(H,15,16). The zero-order valence-electron chi connectivity index (χ0n) is 11.0. The van der Waals surface area contributed by atoms with E-state index in [-0.39, 0.29) is 0 Å². The van der Waals surface area contributed by atoms with E-state index in [1.54, 1.807) is 18.9 Å². The molecule has 0 aliphatic carbocycles. The van der Waals surface area contributed by atoms with Crippen LogP contribution < -0.4 is 10.1 Å². The van der Waals surface area contributed by atoms with Crippen LogP contribution in [0.2, 0.25) is 0 Å². The maximum absolute atomic E-state index is 8.47. The lowest BCUT2D eigenvalue weighted by atomic mass is 10.3. The molecule has 1 heterocycles. The van der Waals surface area contributed by atoms with Gasteiger partial charge in [-0.15, -0.1) is 10.2 Å². The van der Waals surface area contributed by atoms with Crippen LogP contribution in [0.25, 0.3) is 0 Å². The van der Waals surface area contributed by atoms with Crippen molar-refractivity contribution >= 4 is 33.9 Å². The molecule has 1 aromatic carbocycles. The number of aromatic nitrogens is 2. The molecule has 2 aromatic rings. The molecule has 0 fully saturated rings. The number of nitriles is 1. The molecule has 0 atom stereocenters. The first-order valence-electron chi connectivity index (χ1n) is 6.06. The molecule has 0 radical (unpaired) electrons. The van der Waals surface area contributed by atoms with Crippen molar-refractivity contribution in [2.45, 2.75) is 17.2 Å². The van der Waals surface area contributed by atoms with E-state index in [9.17, 15) is 0 Å². The monoisotopic (exact) mass is 306 g/mol. The maximum Gasteiger partial charge on any atom is 0.210 e. The number of unbranched alkanes of at least 4 members (excludes halogenated alkanes) is 1. The average molecular weight is 306 g/mol. The van der Waals surface area contributed by atoms with E-state index in [2.05, 4.69) is 21.6 Å². The molecule has 7 heteroatoms. The summed E-state index contributed by atoms with van der Waals surface area (Å²) in [6, 6.07) is 9.79. The predicted octanol–water partition coefficient (Wildman–Crippen LogP) is 3.69. The summed E-state index contributed by atoms with van der Waals surface area (Å²) < 4.78 is 6.08. The molecule has 2 rings (SSSR count). The molecular weight excluding hydrogens is 292 g/mol. The van der Waals surface area contributed by atoms with Gasteiger partial charge in [0.15, 0.2) is 4.34 Å². The second kappa shape index (κ2) is 7.72. The van der Waals surface area contributed by atoms with E-state index in [4.69, 9.17) is 10.00 Å². The van der Waals surface area contributed by atoms with Gasteiger partial charge in [0.1, 0.15) is 5.75 Å². The molecule has 104 valence electrons. The van der Waals surface area contributed by atoms with Gasteiger partial charge in [0.25, 0.3) is 0 Å². The quantitative estimate of drug-likeness (QED) is 0.621. The number of anilines is 2. The molecule has 0 amide bonds. The molecule has 0 saturated carbocycles. The normalized spacial score (nSPS) is 10.0. The van der Waals surface area contributed by atoms with Gasteiger partial charge in [0.2, 0.25) is 5.13 Å². The van der Waals surface area contributed by atoms with Crippen LogP contribution in [-0.4, -0.2) is 23.1 Å². The Bertz CT molecular complexity index is 594. The summed E-state index contributed by atoms with van der Waals surface area (Å²) in [7, 11) is 1.64. The van der Waals surface area contributed by atoms with Gasteiger partial charge in [-0.2, -0.15) is 5.26 Å². The van der Waals surface area contributed by atoms with Gasteiger partial charge in [-0.1, -0.05) is 29.2 Å². The number of nitrogens with zero attached hydrogens (tertiary/aromatic N) is 3. The molecular formula is C13H14N4OS2. The summed E-state index contributed by atoms with van der Waals surface area (Å²) in [5, 5.41) is 20.6. The third-order valence-electron chi connectivity index (χ3n) is 2.39. The second-order valence-corrected chi connectivity index (χ2v) is 6.16. The molecule has 1 N–H and O–H groups in total. The molecule has 0 unspecified atom stereocenters. The van der Waals surface area contributed by atoms with Crippen LogP contribution in [0.4, 0.5) is 10.8 Å². The summed E-state index contributed by atoms with van der Waals surface area (Å²) >= 11 is 3.13. The number of thioether (sulfide) groups is 1. The SMILES string of the molecule is COc1cccc(Nc2nnc(SCCCC#N)s2)c1. The number of benzene rings is 1. The van der Waals surface area contributed by atoms with Gasteiger partial charge >= 0.3 is 0 Å². The highest BCUT2D eigenvalue weighted by Gasteiger charge is 2.05. The highest BCUT2D eigenvalue weighted by molar-refractivity contribution is 8.01. The molecule has 0 aliphatic heterocycles. The topological polar surface area (TPSA) is 70.8 Å². The predicted molar refractivity (Wildman–Crippen MR) is 81.8 cm³/mol. The van der Waals surface area contributed by atoms with E-state index >= 15 is 0 Å². The van der Waals surface area contributed by atoms with Crippen LogP contribution in [0.5, 0.6) is 5.75 Å². The highest BCUT2D eigenvalue weighted by Crippen LogP contribution is 2.29. The van der Waals surface area contributed by atoms with E-state index in [0.717, 1.165) is 33.1 Å². The third kappa shape index (κ3) is 4.40. The average Bonchev–Trinajstić information content (AvgIpc) is 2.91. The van der Waals surface area contributed by atoms with Crippen LogP contribution in [0.3, 0.4) is 0 Å². The minimum absolute atomic E-state index is 0.584. The van der Waals surface area contributed by atoms with Crippen molar-refractivity contribution in [2.75, 3.05) is 18.2 Å². The van der Waals surface area contributed by atoms with Crippen LogP contribution in [0.1, 0.15) is 12.8 Å². The van der Waals surface area contributed by atoms with Gasteiger partial charge in [0, 0.05) is 23.9 Å². The lowest BCUT2D eigenvalue weighted by Crippen LogP contribution is -1.90. The first-order valence-corrected chi connectivity index (χ1v) is 7.86. The molecule has 1 aromatic heterocycles. The molecule has 0 spiro atoms. The molecule has 5 nitrogen and oxygen atoms in total. The summed E-state index contributed by atoms with van der Waals surface area (Å²) in [5.74, 6) is 1.69. The van der Waals surface area contributed by atoms with Crippen molar-refractivity contribution in [2.24, 2.45) is 0 Å². The largest absolute Gasteiger partial charge is 0.497 e. The van der Waals surface area contributed by atoms with Gasteiger partial charge in [-0.25, -0.2) is 0 Å². The number of rotatable bonds is 7. The fourth-order valence-corrected chi connectivity index (χ4v) is 3.24. The Morgan fingerprint density at radius 2 is 2.35 bits per heavy atom. The third-order valence-corrected chi connectivity index (χ3v) is 4.44. The number of ether oxygens (including phenoxy) is 1. The molecule has 0 saturated heterocycles. The van der Waals surface area contributed by atoms with Gasteiger partial charge in [-0.05, 0) is 18.6 Å². The Balaban J connectivity index is 1.90. The number of nitrogens with one attached hydrogen (secondary N) is 1. The zero-order valence-corrected chi connectivity index (χ0v) is 12.6. The van der Waals surface area contributed by atoms with E-state index in [0.29, 0.717) is 6.42 Å². The lowest BCUT2D eigenvalue weighted by molar-refractivity contribution is 0.415. The highest BCUT2D eigenvalue weighted by atomic mass is 32.2. The van der Waals surface area contributed by atoms with Crippen molar-refractivity contribution in [3.05, 3.63) is 24.3 Å². The van der Waals surface area contributed by atoms with Crippen LogP contribution in [0.15, 0.2) is 28.6 Å². The summed E-state index contributed by atoms with van der Waals surface area (Å²) in [5.41, 5.74) is 0.918. The van der Waals surface area contributed by atoms with Crippen molar-refractivity contribution in [1.82, 2.24) is 10.2 Å². The fourth-order valence-electron chi connectivity index (χ4n) is 1.45. The minimum Gasteiger partial charge on any atom is -0.497 e. The molecule has 0 bridgehead atoms. The molecule has 0 aliphatic rings. The maximum atomic E-state index is 8.47. The number of hydrogen-bond donors (Lipinski definition) is 1. The zero-order chi connectivity index (χ0) is 14.2. The van der Waals surface area contributed by atoms with Crippen molar-refractivity contribution in [3.8, 4) is 11.8 Å². The Morgan fingerprint density at radius 3 is 3.15 bits per heavy atom. The van der Waals surface area contributed by atoms with Crippen molar-refractivity contribution in [3.63, 3.8) is 0 Å². The smallest absolute Gasteiger partial charge is 0.210 e. The van der Waals surface area contributed by atoms with Crippen molar-refractivity contribution in [1.29, 1.82) is 5.26 Å². The first kappa shape index (κ1) is 14.6. The van der Waals surface area contributed by atoms with Crippen LogP contribution in [-0.2, 0) is 0 Å². The Morgan fingerprint density at radius 1 is 1.45 bits per heavy atom. The fraction of sp³-hybridized carbons (Fsp3) is 0.308. The van der Waals surface area contributed by atoms with Gasteiger partial charge in [-0.3, -0.25) is 0 Å². The first-order chi connectivity index (χ1) is 9.81. The number of hydrogen-bond acceptors (Lipinski definition) is 7. The Kier molecular flexibility index (Phi) is 5.65. The van der Waals surface area contributed by atoms with Crippen molar-refractivity contribution < 1.29 is 4.74 Å². The lowest BCUT2D eigenvalue weighted by Gasteiger charge is -2.04. The second-order valence-electron chi connectivity index (χ2n) is 3.84. The van der Waals surface area contributed by atoms with E-state index in [1.165, 1.54) is 11.3 Å². The summed E-state index contributed by atoms with van der Waals surface area (Å²) in [6.45, 7) is 0. The van der Waals surface area contributed by atoms with Crippen LogP contribution >= 0.6 is 23.1 Å². The Hall–Kier alpha value is -1.78. The molecule has 20 heavy (non-hydrogen) atoms. The van der Waals surface area contributed by atoms with Gasteiger partial charge in [0.05, 0.1) is 13.2 Å². The van der Waals surface area contributed by atoms with E-state index in [1.807, 2.05) is 24.3 Å². The van der Waals surface area contributed by atoms with Gasteiger partial charge < -0.3 is 10.1 Å². The minimum atomic E-state index is 0.584. The summed E-state index contributed by atoms with van der Waals surface area (Å²) in [4.78, 5) is 0. The van der Waals surface area contributed by atoms with E-state index < -0.39 is 0 Å². The van der Waals surface area contributed by atoms with Crippen LogP contribution in [0, 0.1) is 11.3 Å².